The van der Waals surface area contributed by atoms with E-state index in [-0.39, 0.29) is 24.0 Å². The number of aromatic nitrogens is 1. The second-order valence-corrected chi connectivity index (χ2v) is 6.45. The molecule has 0 aliphatic heterocycles. The summed E-state index contributed by atoms with van der Waals surface area (Å²) in [5.74, 6) is 2.13. The number of fused-ring (bicyclic) bond motifs is 1. The monoisotopic (exact) mass is 508 g/mol. The van der Waals surface area contributed by atoms with Gasteiger partial charge in [0.05, 0.1) is 13.7 Å². The van der Waals surface area contributed by atoms with Crippen molar-refractivity contribution in [3.63, 3.8) is 0 Å². The molecule has 0 fully saturated rings. The summed E-state index contributed by atoms with van der Waals surface area (Å²) < 4.78 is 11.0. The molecule has 3 aromatic rings. The average molecular weight is 508 g/mol. The van der Waals surface area contributed by atoms with Crippen molar-refractivity contribution >= 4 is 46.5 Å². The van der Waals surface area contributed by atoms with Crippen LogP contribution in [0.25, 0.3) is 10.9 Å². The lowest BCUT2D eigenvalue weighted by molar-refractivity contribution is 0.311. The Balaban J connectivity index is 0.00000300. The molecule has 1 heterocycles. The minimum absolute atomic E-state index is 0. The fourth-order valence-electron chi connectivity index (χ4n) is 3.30. The van der Waals surface area contributed by atoms with Gasteiger partial charge in [-0.05, 0) is 44.0 Å². The Bertz CT molecular complexity index is 969. The summed E-state index contributed by atoms with van der Waals surface area (Å²) in [7, 11) is 3.40. The summed E-state index contributed by atoms with van der Waals surface area (Å²) in [4.78, 5) is 7.77. The lowest BCUT2D eigenvalue weighted by Crippen LogP contribution is -2.32. The van der Waals surface area contributed by atoms with Crippen LogP contribution >= 0.6 is 24.0 Å². The average Bonchev–Trinajstić information content (AvgIpc) is 3.03. The number of aromatic amines is 1. The summed E-state index contributed by atoms with van der Waals surface area (Å²) in [6, 6.07) is 14.1. The molecular weight excluding hydrogens is 479 g/mol. The predicted molar refractivity (Wildman–Crippen MR) is 131 cm³/mol. The zero-order valence-corrected chi connectivity index (χ0v) is 19.7. The van der Waals surface area contributed by atoms with Crippen molar-refractivity contribution in [2.45, 2.75) is 20.3 Å². The topological polar surface area (TPSA) is 70.7 Å². The fourth-order valence-corrected chi connectivity index (χ4v) is 3.30. The quantitative estimate of drug-likeness (QED) is 0.245. The summed E-state index contributed by atoms with van der Waals surface area (Å²) >= 11 is 0. The van der Waals surface area contributed by atoms with Crippen LogP contribution in [0.2, 0.25) is 0 Å². The molecule has 3 N–H and O–H groups in total. The van der Waals surface area contributed by atoms with E-state index < -0.39 is 0 Å². The number of hydrogen-bond acceptors (Lipinski definition) is 3. The number of halogens is 1. The first-order valence-electron chi connectivity index (χ1n) is 9.51. The standard InChI is InChI=1S/C22H28N4O2.HI/c1-5-28-21-14-16(10-11-20(21)27-4)26-22(23-3)24-13-12-17-15(2)25-19-9-7-6-8-18(17)19;/h6-11,14,25H,5,12-13H2,1-4H3,(H2,23,24,26);1H. The van der Waals surface area contributed by atoms with Gasteiger partial charge in [0, 0.05) is 41.9 Å². The van der Waals surface area contributed by atoms with Crippen LogP contribution in [-0.4, -0.2) is 38.3 Å². The maximum absolute atomic E-state index is 5.64. The SMILES string of the molecule is CCOc1cc(NC(=NC)NCCc2c(C)[nH]c3ccccc23)ccc1OC.I. The molecule has 0 saturated heterocycles. The summed E-state index contributed by atoms with van der Waals surface area (Å²) in [6.07, 6.45) is 0.906. The molecule has 0 aliphatic carbocycles. The van der Waals surface area contributed by atoms with Gasteiger partial charge in [0.2, 0.25) is 0 Å². The van der Waals surface area contributed by atoms with Crippen molar-refractivity contribution in [2.24, 2.45) is 4.99 Å². The number of H-pyrrole nitrogens is 1. The molecular formula is C22H29IN4O2. The Kier molecular flexibility index (Phi) is 8.63. The number of aryl methyl sites for hydroxylation is 1. The Hall–Kier alpha value is -2.42. The van der Waals surface area contributed by atoms with Crippen LogP contribution in [0.1, 0.15) is 18.2 Å². The van der Waals surface area contributed by atoms with Crippen LogP contribution in [0.5, 0.6) is 11.5 Å². The van der Waals surface area contributed by atoms with Gasteiger partial charge < -0.3 is 25.1 Å². The van der Waals surface area contributed by atoms with E-state index in [9.17, 15) is 0 Å². The molecule has 0 aliphatic rings. The lowest BCUT2D eigenvalue weighted by Gasteiger charge is -2.14. The first kappa shape index (κ1) is 22.9. The maximum Gasteiger partial charge on any atom is 0.195 e. The number of guanidine groups is 1. The van der Waals surface area contributed by atoms with Crippen LogP contribution in [0.4, 0.5) is 5.69 Å². The molecule has 6 nitrogen and oxygen atoms in total. The van der Waals surface area contributed by atoms with Crippen LogP contribution in [0.15, 0.2) is 47.5 Å². The number of anilines is 1. The minimum atomic E-state index is 0. The van der Waals surface area contributed by atoms with E-state index in [1.165, 1.54) is 22.2 Å². The fraction of sp³-hybridized carbons (Fsp3) is 0.318. The van der Waals surface area contributed by atoms with Gasteiger partial charge in [-0.3, -0.25) is 4.99 Å². The Labute approximate surface area is 189 Å². The first-order valence-corrected chi connectivity index (χ1v) is 9.51. The van der Waals surface area contributed by atoms with Gasteiger partial charge in [0.1, 0.15) is 0 Å². The number of hydrogen-bond donors (Lipinski definition) is 3. The molecule has 156 valence electrons. The summed E-state index contributed by atoms with van der Waals surface area (Å²) in [5.41, 5.74) is 4.61. The van der Waals surface area contributed by atoms with E-state index in [0.29, 0.717) is 24.1 Å². The number of aliphatic imine (C=N–C) groups is 1. The van der Waals surface area contributed by atoms with Gasteiger partial charge in [-0.1, -0.05) is 18.2 Å². The number of nitrogens with zero attached hydrogens (tertiary/aromatic N) is 1. The van der Waals surface area contributed by atoms with Crippen molar-refractivity contribution in [2.75, 3.05) is 32.6 Å². The predicted octanol–water partition coefficient (Wildman–Crippen LogP) is 4.73. The molecule has 0 atom stereocenters. The molecule has 0 radical (unpaired) electrons. The molecule has 0 spiro atoms. The second-order valence-electron chi connectivity index (χ2n) is 6.45. The highest BCUT2D eigenvalue weighted by Gasteiger charge is 2.09. The van der Waals surface area contributed by atoms with E-state index in [0.717, 1.165) is 18.7 Å². The first-order chi connectivity index (χ1) is 13.7. The molecule has 2 aromatic carbocycles. The van der Waals surface area contributed by atoms with E-state index in [2.05, 4.69) is 51.8 Å². The minimum Gasteiger partial charge on any atom is -0.493 e. The highest BCUT2D eigenvalue weighted by molar-refractivity contribution is 14.0. The molecule has 29 heavy (non-hydrogen) atoms. The number of para-hydroxylation sites is 1. The Morgan fingerprint density at radius 1 is 1.14 bits per heavy atom. The van der Waals surface area contributed by atoms with Gasteiger partial charge in [-0.15, -0.1) is 24.0 Å². The van der Waals surface area contributed by atoms with Crippen LogP contribution in [0, 0.1) is 6.92 Å². The van der Waals surface area contributed by atoms with Crippen molar-refractivity contribution in [3.8, 4) is 11.5 Å². The molecule has 1 aromatic heterocycles. The van der Waals surface area contributed by atoms with Crippen molar-refractivity contribution < 1.29 is 9.47 Å². The normalized spacial score (nSPS) is 11.1. The highest BCUT2D eigenvalue weighted by Crippen LogP contribution is 2.30. The van der Waals surface area contributed by atoms with Gasteiger partial charge >= 0.3 is 0 Å². The highest BCUT2D eigenvalue weighted by atomic mass is 127. The van der Waals surface area contributed by atoms with Gasteiger partial charge in [-0.2, -0.15) is 0 Å². The van der Waals surface area contributed by atoms with E-state index in [1.54, 1.807) is 14.2 Å². The van der Waals surface area contributed by atoms with Crippen molar-refractivity contribution in [1.82, 2.24) is 10.3 Å². The Morgan fingerprint density at radius 2 is 1.93 bits per heavy atom. The maximum atomic E-state index is 5.64. The number of methoxy groups -OCH3 is 1. The van der Waals surface area contributed by atoms with Crippen LogP contribution in [-0.2, 0) is 6.42 Å². The Morgan fingerprint density at radius 3 is 2.66 bits per heavy atom. The van der Waals surface area contributed by atoms with Gasteiger partial charge in [0.15, 0.2) is 17.5 Å². The molecule has 0 unspecified atom stereocenters. The zero-order chi connectivity index (χ0) is 19.9. The largest absolute Gasteiger partial charge is 0.493 e. The van der Waals surface area contributed by atoms with E-state index in [4.69, 9.17) is 9.47 Å². The summed E-state index contributed by atoms with van der Waals surface area (Å²) in [6.45, 7) is 5.43. The van der Waals surface area contributed by atoms with Crippen molar-refractivity contribution in [1.29, 1.82) is 0 Å². The van der Waals surface area contributed by atoms with Crippen LogP contribution < -0.4 is 20.1 Å². The third-order valence-electron chi connectivity index (χ3n) is 4.64. The zero-order valence-electron chi connectivity index (χ0n) is 17.3. The van der Waals surface area contributed by atoms with Gasteiger partial charge in [0.25, 0.3) is 0 Å². The summed E-state index contributed by atoms with van der Waals surface area (Å²) in [5, 5.41) is 7.97. The van der Waals surface area contributed by atoms with E-state index >= 15 is 0 Å². The third kappa shape index (κ3) is 5.56. The van der Waals surface area contributed by atoms with Gasteiger partial charge in [-0.25, -0.2) is 0 Å². The van der Waals surface area contributed by atoms with Crippen molar-refractivity contribution in [3.05, 3.63) is 53.7 Å². The number of rotatable bonds is 7. The second kappa shape index (κ2) is 10.9. The van der Waals surface area contributed by atoms with Crippen LogP contribution in [0.3, 0.4) is 0 Å². The van der Waals surface area contributed by atoms with E-state index in [1.807, 2.05) is 25.1 Å². The number of ether oxygens (including phenoxy) is 2. The molecule has 7 heteroatoms. The molecule has 3 rings (SSSR count). The lowest BCUT2D eigenvalue weighted by atomic mass is 10.1. The molecule has 0 saturated carbocycles. The number of nitrogens with one attached hydrogen (secondary N) is 3. The molecule has 0 amide bonds. The molecule has 0 bridgehead atoms. The number of benzene rings is 2. The third-order valence-corrected chi connectivity index (χ3v) is 4.64. The smallest absolute Gasteiger partial charge is 0.195 e.